The summed E-state index contributed by atoms with van der Waals surface area (Å²) in [6.45, 7) is 2.95. The molecule has 0 aromatic heterocycles. The van der Waals surface area contributed by atoms with Gasteiger partial charge in [-0.15, -0.1) is 0 Å². The molecule has 1 aromatic rings. The highest BCUT2D eigenvalue weighted by Crippen LogP contribution is 2.19. The van der Waals surface area contributed by atoms with E-state index in [1.807, 2.05) is 6.21 Å². The fourth-order valence-corrected chi connectivity index (χ4v) is 2.15. The van der Waals surface area contributed by atoms with E-state index in [-0.39, 0.29) is 6.61 Å². The van der Waals surface area contributed by atoms with Crippen LogP contribution >= 0.6 is 0 Å². The zero-order chi connectivity index (χ0) is 11.9. The Kier molecular flexibility index (Phi) is 4.56. The summed E-state index contributed by atoms with van der Waals surface area (Å²) in [6.07, 6.45) is 5.79. The number of anilines is 1. The molecule has 0 radical (unpaired) electrons. The van der Waals surface area contributed by atoms with Crippen LogP contribution in [0.5, 0.6) is 0 Å². The average Bonchev–Trinajstić information content (AvgIpc) is 2.41. The first-order chi connectivity index (χ1) is 8.40. The number of aliphatic imine (C=N–C) groups is 1. The van der Waals surface area contributed by atoms with Crippen LogP contribution in [0.25, 0.3) is 0 Å². The van der Waals surface area contributed by atoms with Crippen molar-refractivity contribution >= 4 is 11.9 Å². The van der Waals surface area contributed by atoms with Gasteiger partial charge in [-0.25, -0.2) is 0 Å². The van der Waals surface area contributed by atoms with Crippen molar-refractivity contribution in [3.8, 4) is 0 Å². The molecular formula is C14H20N2O. The van der Waals surface area contributed by atoms with E-state index < -0.39 is 0 Å². The molecule has 0 spiro atoms. The minimum absolute atomic E-state index is 0.113. The number of benzene rings is 1. The van der Waals surface area contributed by atoms with Crippen molar-refractivity contribution in [1.82, 2.24) is 0 Å². The molecule has 3 heteroatoms. The molecule has 0 unspecified atom stereocenters. The maximum Gasteiger partial charge on any atom is 0.0626 e. The van der Waals surface area contributed by atoms with Crippen LogP contribution in [0.2, 0.25) is 0 Å². The van der Waals surface area contributed by atoms with Gasteiger partial charge in [0.15, 0.2) is 0 Å². The number of nitrogens with zero attached hydrogens (tertiary/aromatic N) is 2. The maximum absolute atomic E-state index is 8.64. The van der Waals surface area contributed by atoms with E-state index in [2.05, 4.69) is 34.2 Å². The Morgan fingerprint density at radius 1 is 1.12 bits per heavy atom. The molecule has 0 bridgehead atoms. The molecule has 3 nitrogen and oxygen atoms in total. The van der Waals surface area contributed by atoms with Crippen LogP contribution in [-0.2, 0) is 0 Å². The topological polar surface area (TPSA) is 35.8 Å². The first-order valence-electron chi connectivity index (χ1n) is 6.36. The summed E-state index contributed by atoms with van der Waals surface area (Å²) in [5.74, 6) is 0. The van der Waals surface area contributed by atoms with E-state index in [1.54, 1.807) is 0 Å². The van der Waals surface area contributed by atoms with E-state index >= 15 is 0 Å². The van der Waals surface area contributed by atoms with Gasteiger partial charge in [0.25, 0.3) is 0 Å². The first kappa shape index (κ1) is 12.1. The summed E-state index contributed by atoms with van der Waals surface area (Å²) in [6, 6.07) is 8.49. The third-order valence-corrected chi connectivity index (χ3v) is 3.08. The highest BCUT2D eigenvalue weighted by molar-refractivity contribution is 5.80. The minimum Gasteiger partial charge on any atom is -0.394 e. The molecule has 1 aromatic carbocycles. The molecule has 1 fully saturated rings. The number of hydrogen-bond acceptors (Lipinski definition) is 3. The number of hydrogen-bond donors (Lipinski definition) is 1. The fraction of sp³-hybridized carbons (Fsp3) is 0.500. The lowest BCUT2D eigenvalue weighted by Gasteiger charge is -2.28. The minimum atomic E-state index is 0.113. The molecule has 1 aliphatic rings. The Labute approximate surface area is 103 Å². The lowest BCUT2D eigenvalue weighted by atomic mass is 10.1. The summed E-state index contributed by atoms with van der Waals surface area (Å²) < 4.78 is 0. The van der Waals surface area contributed by atoms with E-state index in [1.165, 1.54) is 38.0 Å². The predicted octanol–water partition coefficient (Wildman–Crippen LogP) is 2.09. The monoisotopic (exact) mass is 232 g/mol. The summed E-state index contributed by atoms with van der Waals surface area (Å²) in [5, 5.41) is 8.64. The molecule has 92 valence electrons. The Morgan fingerprint density at radius 3 is 2.47 bits per heavy atom. The van der Waals surface area contributed by atoms with Crippen molar-refractivity contribution < 1.29 is 5.11 Å². The number of aliphatic hydroxyl groups is 1. The van der Waals surface area contributed by atoms with Crippen molar-refractivity contribution in [2.24, 2.45) is 4.99 Å². The van der Waals surface area contributed by atoms with E-state index in [0.717, 1.165) is 5.56 Å². The van der Waals surface area contributed by atoms with Gasteiger partial charge in [0.1, 0.15) is 0 Å². The number of aliphatic hydroxyl groups excluding tert-OH is 1. The molecule has 2 rings (SSSR count). The molecule has 0 amide bonds. The van der Waals surface area contributed by atoms with Crippen molar-refractivity contribution in [2.45, 2.75) is 19.3 Å². The highest BCUT2D eigenvalue weighted by Gasteiger charge is 2.09. The molecule has 1 heterocycles. The van der Waals surface area contributed by atoms with Crippen molar-refractivity contribution in [3.63, 3.8) is 0 Å². The highest BCUT2D eigenvalue weighted by atomic mass is 16.3. The zero-order valence-corrected chi connectivity index (χ0v) is 10.2. The fourth-order valence-electron chi connectivity index (χ4n) is 2.15. The Balaban J connectivity index is 1.97. The third kappa shape index (κ3) is 3.56. The van der Waals surface area contributed by atoms with Crippen LogP contribution in [-0.4, -0.2) is 37.6 Å². The third-order valence-electron chi connectivity index (χ3n) is 3.08. The summed E-state index contributed by atoms with van der Waals surface area (Å²) in [7, 11) is 0. The molecule has 0 atom stereocenters. The zero-order valence-electron chi connectivity index (χ0n) is 10.2. The molecule has 0 aliphatic carbocycles. The van der Waals surface area contributed by atoms with Crippen molar-refractivity contribution in [1.29, 1.82) is 0 Å². The van der Waals surface area contributed by atoms with Gasteiger partial charge in [0.05, 0.1) is 13.2 Å². The SMILES string of the molecule is OCC/N=C/c1ccc(N2CCCCC2)cc1. The summed E-state index contributed by atoms with van der Waals surface area (Å²) >= 11 is 0. The maximum atomic E-state index is 8.64. The largest absolute Gasteiger partial charge is 0.394 e. The first-order valence-corrected chi connectivity index (χ1v) is 6.36. The molecule has 1 N–H and O–H groups in total. The van der Waals surface area contributed by atoms with E-state index in [9.17, 15) is 0 Å². The average molecular weight is 232 g/mol. The van der Waals surface area contributed by atoms with Crippen LogP contribution in [0, 0.1) is 0 Å². The van der Waals surface area contributed by atoms with Gasteiger partial charge in [-0.2, -0.15) is 0 Å². The second kappa shape index (κ2) is 6.40. The van der Waals surface area contributed by atoms with Crippen LogP contribution in [0.15, 0.2) is 29.3 Å². The van der Waals surface area contributed by atoms with Gasteiger partial charge in [0, 0.05) is 25.0 Å². The van der Waals surface area contributed by atoms with Crippen molar-refractivity contribution in [3.05, 3.63) is 29.8 Å². The lowest BCUT2D eigenvalue weighted by Crippen LogP contribution is -2.29. The van der Waals surface area contributed by atoms with Crippen LogP contribution in [0.4, 0.5) is 5.69 Å². The van der Waals surface area contributed by atoms with E-state index in [0.29, 0.717) is 6.54 Å². The molecule has 1 aliphatic heterocycles. The van der Waals surface area contributed by atoms with Crippen molar-refractivity contribution in [2.75, 3.05) is 31.1 Å². The van der Waals surface area contributed by atoms with Crippen LogP contribution in [0.1, 0.15) is 24.8 Å². The lowest BCUT2D eigenvalue weighted by molar-refractivity contribution is 0.307. The van der Waals surface area contributed by atoms with Gasteiger partial charge >= 0.3 is 0 Å². The van der Waals surface area contributed by atoms with Gasteiger partial charge in [-0.05, 0) is 37.0 Å². The Bertz CT molecular complexity index is 353. The molecule has 17 heavy (non-hydrogen) atoms. The predicted molar refractivity (Wildman–Crippen MR) is 72.1 cm³/mol. The van der Waals surface area contributed by atoms with E-state index in [4.69, 9.17) is 5.11 Å². The smallest absolute Gasteiger partial charge is 0.0626 e. The Morgan fingerprint density at radius 2 is 1.82 bits per heavy atom. The van der Waals surface area contributed by atoms with Gasteiger partial charge in [-0.3, -0.25) is 4.99 Å². The number of rotatable bonds is 4. The second-order valence-corrected chi connectivity index (χ2v) is 4.40. The normalized spacial score (nSPS) is 16.6. The van der Waals surface area contributed by atoms with Gasteiger partial charge < -0.3 is 10.0 Å². The van der Waals surface area contributed by atoms with Crippen LogP contribution < -0.4 is 4.90 Å². The van der Waals surface area contributed by atoms with Gasteiger partial charge in [0.2, 0.25) is 0 Å². The van der Waals surface area contributed by atoms with Gasteiger partial charge in [-0.1, -0.05) is 12.1 Å². The molecular weight excluding hydrogens is 212 g/mol. The van der Waals surface area contributed by atoms with Crippen LogP contribution in [0.3, 0.4) is 0 Å². The number of piperidine rings is 1. The summed E-state index contributed by atoms with van der Waals surface area (Å²) in [5.41, 5.74) is 2.41. The quantitative estimate of drug-likeness (QED) is 0.807. The molecule has 1 saturated heterocycles. The molecule has 0 saturated carbocycles. The second-order valence-electron chi connectivity index (χ2n) is 4.40. The summed E-state index contributed by atoms with van der Waals surface area (Å²) in [4.78, 5) is 6.56. The Hall–Kier alpha value is -1.35. The standard InChI is InChI=1S/C14H20N2O/c17-11-8-15-12-13-4-6-14(7-5-13)16-9-2-1-3-10-16/h4-7,12,17H,1-3,8-11H2/b15-12+.